The second-order valence-electron chi connectivity index (χ2n) is 5.65. The summed E-state index contributed by atoms with van der Waals surface area (Å²) >= 11 is 0. The van der Waals surface area contributed by atoms with Crippen molar-refractivity contribution in [1.82, 2.24) is 5.32 Å². The molecule has 0 saturated carbocycles. The van der Waals surface area contributed by atoms with Crippen LogP contribution in [0.1, 0.15) is 51.3 Å². The molecule has 0 bridgehead atoms. The quantitative estimate of drug-likeness (QED) is 0.784. The predicted molar refractivity (Wildman–Crippen MR) is 84.5 cm³/mol. The number of methoxy groups -OCH3 is 1. The van der Waals surface area contributed by atoms with Gasteiger partial charge >= 0.3 is 0 Å². The average molecular weight is 279 g/mol. The topological polar surface area (TPSA) is 30.5 Å². The van der Waals surface area contributed by atoms with E-state index >= 15 is 0 Å². The number of benzene rings is 1. The first-order chi connectivity index (χ1) is 9.46. The molecule has 1 aromatic carbocycles. The van der Waals surface area contributed by atoms with Crippen LogP contribution in [0.5, 0.6) is 5.75 Å². The molecule has 1 atom stereocenters. The van der Waals surface area contributed by atoms with Crippen LogP contribution >= 0.6 is 0 Å². The summed E-state index contributed by atoms with van der Waals surface area (Å²) in [6.45, 7) is 12.3. The summed E-state index contributed by atoms with van der Waals surface area (Å²) in [5, 5.41) is 3.62. The number of rotatable bonds is 8. The van der Waals surface area contributed by atoms with E-state index in [0.29, 0.717) is 6.61 Å². The predicted octanol–water partition coefficient (Wildman–Crippen LogP) is 3.86. The van der Waals surface area contributed by atoms with Crippen LogP contribution < -0.4 is 10.1 Å². The molecule has 3 nitrogen and oxygen atoms in total. The van der Waals surface area contributed by atoms with Gasteiger partial charge < -0.3 is 14.8 Å². The van der Waals surface area contributed by atoms with Crippen molar-refractivity contribution in [3.8, 4) is 5.75 Å². The number of hydrogen-bond donors (Lipinski definition) is 1. The second kappa shape index (κ2) is 7.65. The Morgan fingerprint density at radius 3 is 2.45 bits per heavy atom. The van der Waals surface area contributed by atoms with Gasteiger partial charge in [0.2, 0.25) is 0 Å². The van der Waals surface area contributed by atoms with E-state index < -0.39 is 0 Å². The highest BCUT2D eigenvalue weighted by atomic mass is 16.5. The normalized spacial score (nSPS) is 13.3. The van der Waals surface area contributed by atoms with Gasteiger partial charge in [-0.15, -0.1) is 0 Å². The minimum atomic E-state index is -0.247. The number of aryl methyl sites for hydroxylation is 1. The molecule has 0 heterocycles. The van der Waals surface area contributed by atoms with Crippen molar-refractivity contribution in [3.63, 3.8) is 0 Å². The Morgan fingerprint density at radius 1 is 1.25 bits per heavy atom. The Bertz CT molecular complexity index is 415. The smallest absolute Gasteiger partial charge is 0.119 e. The number of hydrogen-bond acceptors (Lipinski definition) is 3. The molecule has 1 N–H and O–H groups in total. The third kappa shape index (κ3) is 4.22. The summed E-state index contributed by atoms with van der Waals surface area (Å²) in [6, 6.07) is 6.42. The first-order valence-corrected chi connectivity index (χ1v) is 7.48. The van der Waals surface area contributed by atoms with Crippen LogP contribution in [-0.4, -0.2) is 25.9 Å². The van der Waals surface area contributed by atoms with Gasteiger partial charge in [-0.1, -0.05) is 13.0 Å². The highest BCUT2D eigenvalue weighted by Crippen LogP contribution is 2.32. The van der Waals surface area contributed by atoms with Crippen molar-refractivity contribution in [2.24, 2.45) is 0 Å². The maximum absolute atomic E-state index is 5.96. The van der Waals surface area contributed by atoms with Crippen LogP contribution in [0.15, 0.2) is 18.2 Å². The van der Waals surface area contributed by atoms with Crippen molar-refractivity contribution in [1.29, 1.82) is 0 Å². The molecule has 0 radical (unpaired) electrons. The lowest BCUT2D eigenvalue weighted by molar-refractivity contribution is -0.0393. The zero-order chi connectivity index (χ0) is 15.2. The Morgan fingerprint density at radius 2 is 1.95 bits per heavy atom. The Labute approximate surface area is 123 Å². The molecule has 3 heteroatoms. The molecule has 1 rings (SSSR count). The van der Waals surface area contributed by atoms with Gasteiger partial charge in [0.15, 0.2) is 0 Å². The van der Waals surface area contributed by atoms with Crippen LogP contribution in [0.4, 0.5) is 0 Å². The highest BCUT2D eigenvalue weighted by molar-refractivity contribution is 5.37. The first kappa shape index (κ1) is 17.0. The molecule has 114 valence electrons. The van der Waals surface area contributed by atoms with Crippen molar-refractivity contribution in [2.75, 3.05) is 20.3 Å². The molecule has 0 aromatic heterocycles. The molecule has 1 unspecified atom stereocenters. The number of ether oxygens (including phenoxy) is 2. The van der Waals surface area contributed by atoms with Gasteiger partial charge in [0, 0.05) is 6.61 Å². The van der Waals surface area contributed by atoms with Crippen LogP contribution in [0, 0.1) is 6.92 Å². The van der Waals surface area contributed by atoms with Crippen LogP contribution in [-0.2, 0) is 4.74 Å². The fourth-order valence-electron chi connectivity index (χ4n) is 2.57. The summed E-state index contributed by atoms with van der Waals surface area (Å²) in [7, 11) is 1.70. The van der Waals surface area contributed by atoms with Gasteiger partial charge in [0.25, 0.3) is 0 Å². The highest BCUT2D eigenvalue weighted by Gasteiger charge is 2.31. The zero-order valence-corrected chi connectivity index (χ0v) is 13.7. The summed E-state index contributed by atoms with van der Waals surface area (Å²) in [5.74, 6) is 0.898. The molecule has 1 aromatic rings. The van der Waals surface area contributed by atoms with Gasteiger partial charge in [-0.2, -0.15) is 0 Å². The van der Waals surface area contributed by atoms with Crippen molar-refractivity contribution in [2.45, 2.75) is 52.7 Å². The second-order valence-corrected chi connectivity index (χ2v) is 5.65. The van der Waals surface area contributed by atoms with E-state index in [1.807, 2.05) is 13.0 Å². The van der Waals surface area contributed by atoms with E-state index in [1.54, 1.807) is 7.11 Å². The third-order valence-corrected chi connectivity index (χ3v) is 3.60. The molecule has 0 saturated heterocycles. The van der Waals surface area contributed by atoms with E-state index in [4.69, 9.17) is 9.47 Å². The molecule has 0 aliphatic heterocycles. The van der Waals surface area contributed by atoms with E-state index in [-0.39, 0.29) is 11.6 Å². The molecule has 20 heavy (non-hydrogen) atoms. The molecule has 0 fully saturated rings. The molecular weight excluding hydrogens is 250 g/mol. The molecule has 0 aliphatic carbocycles. The third-order valence-electron chi connectivity index (χ3n) is 3.60. The molecule has 0 spiro atoms. The maximum Gasteiger partial charge on any atom is 0.119 e. The molecular formula is C17H29NO2. The Kier molecular flexibility index (Phi) is 6.50. The lowest BCUT2D eigenvalue weighted by Crippen LogP contribution is -2.42. The monoisotopic (exact) mass is 279 g/mol. The van der Waals surface area contributed by atoms with Gasteiger partial charge in [-0.25, -0.2) is 0 Å². The summed E-state index contributed by atoms with van der Waals surface area (Å²) < 4.78 is 11.3. The Balaban J connectivity index is 3.09. The summed E-state index contributed by atoms with van der Waals surface area (Å²) in [5.41, 5.74) is 2.26. The van der Waals surface area contributed by atoms with Gasteiger partial charge in [0.05, 0.1) is 18.8 Å². The fraction of sp³-hybridized carbons (Fsp3) is 0.647. The summed E-state index contributed by atoms with van der Waals surface area (Å²) in [6.07, 6.45) is 1.11. The SMILES string of the molecule is CCCNC(c1ccc(OC)cc1C)C(C)(C)OCC. The van der Waals surface area contributed by atoms with Gasteiger partial charge in [0.1, 0.15) is 5.75 Å². The first-order valence-electron chi connectivity index (χ1n) is 7.48. The Hall–Kier alpha value is -1.06. The van der Waals surface area contributed by atoms with Gasteiger partial charge in [-0.05, 0) is 63.9 Å². The summed E-state index contributed by atoms with van der Waals surface area (Å²) in [4.78, 5) is 0. The van der Waals surface area contributed by atoms with Crippen molar-refractivity contribution in [3.05, 3.63) is 29.3 Å². The lowest BCUT2D eigenvalue weighted by Gasteiger charge is -2.36. The maximum atomic E-state index is 5.96. The minimum Gasteiger partial charge on any atom is -0.497 e. The lowest BCUT2D eigenvalue weighted by atomic mass is 9.88. The average Bonchev–Trinajstić information content (AvgIpc) is 2.40. The van der Waals surface area contributed by atoms with Crippen LogP contribution in [0.2, 0.25) is 0 Å². The molecule has 0 aliphatic rings. The van der Waals surface area contributed by atoms with E-state index in [0.717, 1.165) is 18.7 Å². The fourth-order valence-corrected chi connectivity index (χ4v) is 2.57. The van der Waals surface area contributed by atoms with Gasteiger partial charge in [-0.3, -0.25) is 0 Å². The van der Waals surface area contributed by atoms with Crippen LogP contribution in [0.25, 0.3) is 0 Å². The standard InChI is InChI=1S/C17H29NO2/c1-7-11-18-16(17(4,5)20-8-2)15-10-9-14(19-6)12-13(15)3/h9-10,12,16,18H,7-8,11H2,1-6H3. The zero-order valence-electron chi connectivity index (χ0n) is 13.7. The van der Waals surface area contributed by atoms with Crippen LogP contribution in [0.3, 0.4) is 0 Å². The van der Waals surface area contributed by atoms with E-state index in [2.05, 4.69) is 45.1 Å². The minimum absolute atomic E-state index is 0.174. The van der Waals surface area contributed by atoms with E-state index in [9.17, 15) is 0 Å². The molecule has 0 amide bonds. The van der Waals surface area contributed by atoms with E-state index in [1.165, 1.54) is 11.1 Å². The van der Waals surface area contributed by atoms with Crippen molar-refractivity contribution < 1.29 is 9.47 Å². The van der Waals surface area contributed by atoms with Crippen molar-refractivity contribution >= 4 is 0 Å². The largest absolute Gasteiger partial charge is 0.497 e. The number of nitrogens with one attached hydrogen (secondary N) is 1.